The van der Waals surface area contributed by atoms with Crippen LogP contribution in [0.1, 0.15) is 13.3 Å². The Morgan fingerprint density at radius 2 is 2.08 bits per heavy atom. The van der Waals surface area contributed by atoms with E-state index in [0.29, 0.717) is 0 Å². The van der Waals surface area contributed by atoms with Crippen molar-refractivity contribution in [2.24, 2.45) is 0 Å². The summed E-state index contributed by atoms with van der Waals surface area (Å²) in [4.78, 5) is 21.1. The van der Waals surface area contributed by atoms with Gasteiger partial charge in [-0.1, -0.05) is 0 Å². The van der Waals surface area contributed by atoms with Gasteiger partial charge >= 0.3 is 5.97 Å². The van der Waals surface area contributed by atoms with Gasteiger partial charge in [-0.15, -0.1) is 0 Å². The van der Waals surface area contributed by atoms with E-state index in [-0.39, 0.29) is 12.2 Å². The molecule has 0 aliphatic carbocycles. The van der Waals surface area contributed by atoms with Gasteiger partial charge in [0.25, 0.3) is 0 Å². The first-order valence-electron chi connectivity index (χ1n) is 3.73. The lowest BCUT2D eigenvalue weighted by Crippen LogP contribution is -2.40. The van der Waals surface area contributed by atoms with Gasteiger partial charge in [0.1, 0.15) is 6.04 Å². The van der Waals surface area contributed by atoms with Crippen LogP contribution in [-0.4, -0.2) is 39.2 Å². The third-order valence-corrected chi connectivity index (χ3v) is 2.18. The normalized spacial score (nSPS) is 14.6. The maximum Gasteiger partial charge on any atom is 0.326 e. The Labute approximate surface area is 79.0 Å². The smallest absolute Gasteiger partial charge is 0.326 e. The molecule has 0 aromatic carbocycles. The molecular formula is C7H13NO4S. The summed E-state index contributed by atoms with van der Waals surface area (Å²) in [5, 5.41) is 10.9. The van der Waals surface area contributed by atoms with Crippen molar-refractivity contribution in [3.8, 4) is 0 Å². The van der Waals surface area contributed by atoms with Crippen LogP contribution in [0.15, 0.2) is 0 Å². The standard InChI is InChI=1S/C7H13NO4S/c1-5(9)8-6(7(10)11)3-4-13(2)12/h6H,3-4H2,1-2H3,(H,8,9)(H,10,11)/t6-,13-/m1/s1. The zero-order chi connectivity index (χ0) is 10.4. The molecule has 76 valence electrons. The molecule has 0 aliphatic rings. The molecule has 0 aromatic rings. The second-order valence-corrected chi connectivity index (χ2v) is 4.21. The molecule has 0 radical (unpaired) electrons. The van der Waals surface area contributed by atoms with Crippen LogP contribution in [0, 0.1) is 0 Å². The number of nitrogens with one attached hydrogen (secondary N) is 1. The highest BCUT2D eigenvalue weighted by Gasteiger charge is 2.17. The van der Waals surface area contributed by atoms with Gasteiger partial charge in [-0.25, -0.2) is 4.79 Å². The lowest BCUT2D eigenvalue weighted by molar-refractivity contribution is -0.141. The van der Waals surface area contributed by atoms with Crippen molar-refractivity contribution in [1.29, 1.82) is 0 Å². The van der Waals surface area contributed by atoms with Crippen molar-refractivity contribution < 1.29 is 18.9 Å². The summed E-state index contributed by atoms with van der Waals surface area (Å²) in [6.07, 6.45) is 1.69. The van der Waals surface area contributed by atoms with Gasteiger partial charge in [-0.05, 0) is 6.42 Å². The van der Waals surface area contributed by atoms with Crippen molar-refractivity contribution in [2.45, 2.75) is 19.4 Å². The Morgan fingerprint density at radius 1 is 1.54 bits per heavy atom. The molecule has 0 aromatic heterocycles. The number of carboxylic acid groups (broad SMARTS) is 1. The minimum absolute atomic E-state index is 0.192. The average Bonchev–Trinajstić information content (AvgIpc) is 1.96. The largest absolute Gasteiger partial charge is 0.480 e. The molecule has 0 spiro atoms. The predicted octanol–water partition coefficient (Wildman–Crippen LogP) is -0.656. The van der Waals surface area contributed by atoms with Crippen LogP contribution in [0.3, 0.4) is 0 Å². The average molecular weight is 207 g/mol. The zero-order valence-corrected chi connectivity index (χ0v) is 8.39. The molecule has 0 bridgehead atoms. The molecule has 0 unspecified atom stereocenters. The number of hydrogen-bond donors (Lipinski definition) is 2. The molecule has 0 fully saturated rings. The van der Waals surface area contributed by atoms with Crippen molar-refractivity contribution in [3.05, 3.63) is 0 Å². The number of amides is 1. The highest BCUT2D eigenvalue weighted by Crippen LogP contribution is 1.94. The summed E-state index contributed by atoms with van der Waals surface area (Å²) < 4.78 is 10.7. The summed E-state index contributed by atoms with van der Waals surface area (Å²) in [6, 6.07) is -0.929. The quantitative estimate of drug-likeness (QED) is 0.627. The second kappa shape index (κ2) is 5.69. The first-order valence-corrected chi connectivity index (χ1v) is 5.46. The number of carboxylic acids is 1. The predicted molar refractivity (Wildman–Crippen MR) is 48.8 cm³/mol. The first kappa shape index (κ1) is 12.1. The highest BCUT2D eigenvalue weighted by atomic mass is 32.2. The topological polar surface area (TPSA) is 83.5 Å². The molecule has 0 rings (SSSR count). The van der Waals surface area contributed by atoms with E-state index in [9.17, 15) is 13.8 Å². The molecule has 2 N–H and O–H groups in total. The number of carbonyl (C=O) groups is 2. The second-order valence-electron chi connectivity index (χ2n) is 2.66. The van der Waals surface area contributed by atoms with Gasteiger partial charge in [0.2, 0.25) is 5.91 Å². The van der Waals surface area contributed by atoms with Gasteiger partial charge in [0.05, 0.1) is 0 Å². The van der Waals surface area contributed by atoms with Crippen LogP contribution in [0.2, 0.25) is 0 Å². The molecule has 0 heterocycles. The summed E-state index contributed by atoms with van der Waals surface area (Å²) in [5.74, 6) is -1.22. The first-order chi connectivity index (χ1) is 5.93. The Hall–Kier alpha value is -0.910. The molecule has 6 heteroatoms. The van der Waals surface area contributed by atoms with E-state index >= 15 is 0 Å². The van der Waals surface area contributed by atoms with Gasteiger partial charge < -0.3 is 10.4 Å². The van der Waals surface area contributed by atoms with E-state index in [2.05, 4.69) is 5.32 Å². The van der Waals surface area contributed by atoms with Crippen LogP contribution in [0.25, 0.3) is 0 Å². The Balaban J connectivity index is 4.02. The molecule has 2 atom stereocenters. The zero-order valence-electron chi connectivity index (χ0n) is 7.57. The Kier molecular flexibility index (Phi) is 5.29. The van der Waals surface area contributed by atoms with Crippen molar-refractivity contribution >= 4 is 22.7 Å². The fourth-order valence-corrected chi connectivity index (χ4v) is 1.35. The van der Waals surface area contributed by atoms with Gasteiger partial charge in [0.15, 0.2) is 0 Å². The number of hydrogen-bond acceptors (Lipinski definition) is 3. The lowest BCUT2D eigenvalue weighted by atomic mass is 10.2. The SMILES string of the molecule is CC(=O)N[C@H](CC[S@@](C)=O)C(=O)O. The summed E-state index contributed by atoms with van der Waals surface area (Å²) in [7, 11) is -1.03. The molecular weight excluding hydrogens is 194 g/mol. The molecule has 0 saturated carbocycles. The minimum Gasteiger partial charge on any atom is -0.480 e. The van der Waals surface area contributed by atoms with Gasteiger partial charge in [0, 0.05) is 29.7 Å². The van der Waals surface area contributed by atoms with Crippen LogP contribution in [0.4, 0.5) is 0 Å². The third kappa shape index (κ3) is 6.27. The van der Waals surface area contributed by atoms with Crippen molar-refractivity contribution in [3.63, 3.8) is 0 Å². The van der Waals surface area contributed by atoms with E-state index in [1.54, 1.807) is 0 Å². The molecule has 0 saturated heterocycles. The number of aliphatic carboxylic acids is 1. The summed E-state index contributed by atoms with van der Waals surface area (Å²) in [5.41, 5.74) is 0. The lowest BCUT2D eigenvalue weighted by Gasteiger charge is -2.11. The Bertz CT molecular complexity index is 229. The summed E-state index contributed by atoms with van der Waals surface area (Å²) in [6.45, 7) is 1.25. The highest BCUT2D eigenvalue weighted by molar-refractivity contribution is 7.84. The fourth-order valence-electron chi connectivity index (χ4n) is 0.787. The van der Waals surface area contributed by atoms with Gasteiger partial charge in [-0.3, -0.25) is 9.00 Å². The van der Waals surface area contributed by atoms with E-state index < -0.39 is 28.7 Å². The van der Waals surface area contributed by atoms with Crippen LogP contribution >= 0.6 is 0 Å². The maximum atomic E-state index is 10.7. The minimum atomic E-state index is -1.10. The monoisotopic (exact) mass is 207 g/mol. The maximum absolute atomic E-state index is 10.7. The molecule has 0 aliphatic heterocycles. The van der Waals surface area contributed by atoms with Crippen molar-refractivity contribution in [2.75, 3.05) is 12.0 Å². The van der Waals surface area contributed by atoms with E-state index in [1.165, 1.54) is 13.2 Å². The molecule has 5 nitrogen and oxygen atoms in total. The number of carbonyl (C=O) groups excluding carboxylic acids is 1. The third-order valence-electron chi connectivity index (χ3n) is 1.37. The molecule has 13 heavy (non-hydrogen) atoms. The fraction of sp³-hybridized carbons (Fsp3) is 0.714. The molecule has 1 amide bonds. The van der Waals surface area contributed by atoms with Gasteiger partial charge in [-0.2, -0.15) is 0 Å². The van der Waals surface area contributed by atoms with Crippen molar-refractivity contribution in [1.82, 2.24) is 5.32 Å². The van der Waals surface area contributed by atoms with Crippen LogP contribution < -0.4 is 5.32 Å². The van der Waals surface area contributed by atoms with Crippen LogP contribution in [-0.2, 0) is 20.4 Å². The van der Waals surface area contributed by atoms with Crippen LogP contribution in [0.5, 0.6) is 0 Å². The van der Waals surface area contributed by atoms with E-state index in [0.717, 1.165) is 0 Å². The number of rotatable bonds is 5. The Morgan fingerprint density at radius 3 is 2.38 bits per heavy atom. The van der Waals surface area contributed by atoms with E-state index in [1.807, 2.05) is 0 Å². The summed E-state index contributed by atoms with van der Waals surface area (Å²) >= 11 is 0. The van der Waals surface area contributed by atoms with E-state index in [4.69, 9.17) is 5.11 Å².